The number of urea groups is 1. The highest BCUT2D eigenvalue weighted by Crippen LogP contribution is 2.30. The molecule has 9 heteroatoms. The third-order valence-corrected chi connectivity index (χ3v) is 5.77. The van der Waals surface area contributed by atoms with E-state index in [1.54, 1.807) is 60.4 Å². The molecule has 8 nitrogen and oxygen atoms in total. The standard InChI is InChI=1S/C22H21ClN4O4/c1-22(14-7-9-15(23)10-8-14)20(30)27(21(31)25-22)13-18(28)24-16-4-2-5-17(12-16)26-11-3-6-19(26)29/h2,4-5,7-10,12H,3,6,11,13H2,1H3,(H,24,28)(H,25,31). The molecule has 2 aromatic rings. The molecule has 4 rings (SSSR count). The molecule has 5 amide bonds. The van der Waals surface area contributed by atoms with Crippen LogP contribution in [0.2, 0.25) is 5.02 Å². The fourth-order valence-corrected chi connectivity index (χ4v) is 3.96. The summed E-state index contributed by atoms with van der Waals surface area (Å²) in [5, 5.41) is 5.86. The molecule has 1 atom stereocenters. The molecule has 0 aromatic heterocycles. The summed E-state index contributed by atoms with van der Waals surface area (Å²) in [5.41, 5.74) is 0.472. The van der Waals surface area contributed by atoms with Crippen molar-refractivity contribution < 1.29 is 19.2 Å². The van der Waals surface area contributed by atoms with E-state index in [1.807, 2.05) is 0 Å². The molecule has 1 unspecified atom stereocenters. The van der Waals surface area contributed by atoms with Crippen molar-refractivity contribution in [2.45, 2.75) is 25.3 Å². The molecular formula is C22H21ClN4O4. The van der Waals surface area contributed by atoms with Gasteiger partial charge in [0.05, 0.1) is 0 Å². The molecule has 2 aromatic carbocycles. The predicted molar refractivity (Wildman–Crippen MR) is 116 cm³/mol. The van der Waals surface area contributed by atoms with Crippen LogP contribution in [0.5, 0.6) is 0 Å². The van der Waals surface area contributed by atoms with E-state index in [1.165, 1.54) is 0 Å². The number of amides is 5. The third-order valence-electron chi connectivity index (χ3n) is 5.51. The molecule has 0 saturated carbocycles. The van der Waals surface area contributed by atoms with Crippen molar-refractivity contribution in [1.82, 2.24) is 10.2 Å². The van der Waals surface area contributed by atoms with E-state index in [4.69, 9.17) is 11.6 Å². The van der Waals surface area contributed by atoms with Gasteiger partial charge < -0.3 is 15.5 Å². The van der Waals surface area contributed by atoms with Crippen molar-refractivity contribution >= 4 is 46.7 Å². The first-order valence-electron chi connectivity index (χ1n) is 9.88. The Hall–Kier alpha value is -3.39. The van der Waals surface area contributed by atoms with Crippen LogP contribution in [0.25, 0.3) is 0 Å². The Bertz CT molecular complexity index is 1070. The van der Waals surface area contributed by atoms with Crippen molar-refractivity contribution in [3.05, 3.63) is 59.1 Å². The molecule has 2 fully saturated rings. The highest BCUT2D eigenvalue weighted by molar-refractivity contribution is 6.30. The summed E-state index contributed by atoms with van der Waals surface area (Å²) in [7, 11) is 0. The number of rotatable bonds is 5. The molecule has 2 aliphatic rings. The summed E-state index contributed by atoms with van der Waals surface area (Å²) >= 11 is 5.91. The van der Waals surface area contributed by atoms with Gasteiger partial charge in [0.25, 0.3) is 5.91 Å². The van der Waals surface area contributed by atoms with Gasteiger partial charge in [0.1, 0.15) is 12.1 Å². The summed E-state index contributed by atoms with van der Waals surface area (Å²) in [6.45, 7) is 1.80. The summed E-state index contributed by atoms with van der Waals surface area (Å²) in [4.78, 5) is 52.5. The molecule has 0 spiro atoms. The fourth-order valence-electron chi connectivity index (χ4n) is 3.84. The molecule has 2 N–H and O–H groups in total. The van der Waals surface area contributed by atoms with Crippen molar-refractivity contribution in [2.24, 2.45) is 0 Å². The first-order valence-corrected chi connectivity index (χ1v) is 10.3. The van der Waals surface area contributed by atoms with Gasteiger partial charge in [0, 0.05) is 29.4 Å². The number of halogens is 1. The Morgan fingerprint density at radius 1 is 1.16 bits per heavy atom. The Morgan fingerprint density at radius 3 is 2.58 bits per heavy atom. The molecule has 0 bridgehead atoms. The monoisotopic (exact) mass is 440 g/mol. The number of nitrogens with one attached hydrogen (secondary N) is 2. The van der Waals surface area contributed by atoms with Crippen LogP contribution in [0.15, 0.2) is 48.5 Å². The van der Waals surface area contributed by atoms with E-state index >= 15 is 0 Å². The highest BCUT2D eigenvalue weighted by atomic mass is 35.5. The zero-order chi connectivity index (χ0) is 22.2. The number of imide groups is 1. The molecule has 2 saturated heterocycles. The number of hydrogen-bond acceptors (Lipinski definition) is 4. The zero-order valence-corrected chi connectivity index (χ0v) is 17.6. The smallest absolute Gasteiger partial charge is 0.324 e. The average Bonchev–Trinajstić information content (AvgIpc) is 3.25. The molecule has 0 aliphatic carbocycles. The van der Waals surface area contributed by atoms with E-state index in [-0.39, 0.29) is 5.91 Å². The lowest BCUT2D eigenvalue weighted by atomic mass is 9.92. The van der Waals surface area contributed by atoms with Gasteiger partial charge in [-0.05, 0) is 49.2 Å². The van der Waals surface area contributed by atoms with Crippen LogP contribution in [0.3, 0.4) is 0 Å². The van der Waals surface area contributed by atoms with Crippen LogP contribution >= 0.6 is 11.6 Å². The van der Waals surface area contributed by atoms with Gasteiger partial charge in [-0.25, -0.2) is 4.79 Å². The minimum Gasteiger partial charge on any atom is -0.324 e. The average molecular weight is 441 g/mol. The summed E-state index contributed by atoms with van der Waals surface area (Å²) < 4.78 is 0. The van der Waals surface area contributed by atoms with Crippen LogP contribution in [-0.4, -0.2) is 41.7 Å². The van der Waals surface area contributed by atoms with Crippen LogP contribution in [-0.2, 0) is 19.9 Å². The topological polar surface area (TPSA) is 98.8 Å². The summed E-state index contributed by atoms with van der Waals surface area (Å²) in [6, 6.07) is 12.9. The Balaban J connectivity index is 1.45. The molecule has 160 valence electrons. The minimum absolute atomic E-state index is 0.0456. The van der Waals surface area contributed by atoms with Crippen molar-refractivity contribution in [1.29, 1.82) is 0 Å². The van der Waals surface area contributed by atoms with E-state index < -0.39 is 29.9 Å². The van der Waals surface area contributed by atoms with Crippen molar-refractivity contribution in [2.75, 3.05) is 23.3 Å². The maximum Gasteiger partial charge on any atom is 0.325 e. The number of hydrogen-bond donors (Lipinski definition) is 2. The van der Waals surface area contributed by atoms with Gasteiger partial charge >= 0.3 is 6.03 Å². The largest absolute Gasteiger partial charge is 0.325 e. The SMILES string of the molecule is CC1(c2ccc(Cl)cc2)NC(=O)N(CC(=O)Nc2cccc(N3CCCC3=O)c2)C1=O. The number of anilines is 2. The van der Waals surface area contributed by atoms with Gasteiger partial charge in [-0.3, -0.25) is 19.3 Å². The van der Waals surface area contributed by atoms with Gasteiger partial charge in [-0.1, -0.05) is 29.8 Å². The lowest BCUT2D eigenvalue weighted by Gasteiger charge is -2.22. The Morgan fingerprint density at radius 2 is 1.90 bits per heavy atom. The lowest BCUT2D eigenvalue weighted by Crippen LogP contribution is -2.42. The van der Waals surface area contributed by atoms with Crippen LogP contribution in [0, 0.1) is 0 Å². The van der Waals surface area contributed by atoms with Crippen LogP contribution in [0.1, 0.15) is 25.3 Å². The second-order valence-corrected chi connectivity index (χ2v) is 8.14. The molecule has 0 radical (unpaired) electrons. The fraction of sp³-hybridized carbons (Fsp3) is 0.273. The van der Waals surface area contributed by atoms with E-state index in [0.29, 0.717) is 34.9 Å². The predicted octanol–water partition coefficient (Wildman–Crippen LogP) is 2.87. The molecule has 2 aliphatic heterocycles. The van der Waals surface area contributed by atoms with Crippen LogP contribution < -0.4 is 15.5 Å². The first kappa shape index (κ1) is 20.9. The molecule has 2 heterocycles. The van der Waals surface area contributed by atoms with Crippen LogP contribution in [0.4, 0.5) is 16.2 Å². The highest BCUT2D eigenvalue weighted by Gasteiger charge is 2.49. The van der Waals surface area contributed by atoms with Crippen molar-refractivity contribution in [3.63, 3.8) is 0 Å². The Kier molecular flexibility index (Phi) is 5.41. The number of nitrogens with zero attached hydrogens (tertiary/aromatic N) is 2. The number of carbonyl (C=O) groups excluding carboxylic acids is 4. The van der Waals surface area contributed by atoms with E-state index in [2.05, 4.69) is 10.6 Å². The zero-order valence-electron chi connectivity index (χ0n) is 16.9. The lowest BCUT2D eigenvalue weighted by molar-refractivity contribution is -0.133. The summed E-state index contributed by atoms with van der Waals surface area (Å²) in [6.07, 6.45) is 1.31. The molecular weight excluding hydrogens is 420 g/mol. The first-order chi connectivity index (χ1) is 14.8. The second kappa shape index (κ2) is 8.03. The second-order valence-electron chi connectivity index (χ2n) is 7.70. The normalized spacial score (nSPS) is 20.9. The maximum atomic E-state index is 13.0. The Labute approximate surface area is 184 Å². The number of benzene rings is 2. The maximum absolute atomic E-state index is 13.0. The van der Waals surface area contributed by atoms with E-state index in [0.717, 1.165) is 11.3 Å². The molecule has 31 heavy (non-hydrogen) atoms. The number of carbonyl (C=O) groups is 4. The minimum atomic E-state index is -1.28. The quantitative estimate of drug-likeness (QED) is 0.698. The van der Waals surface area contributed by atoms with Crippen molar-refractivity contribution in [3.8, 4) is 0 Å². The van der Waals surface area contributed by atoms with E-state index in [9.17, 15) is 19.2 Å². The van der Waals surface area contributed by atoms with Gasteiger partial charge in [0.2, 0.25) is 11.8 Å². The van der Waals surface area contributed by atoms with Gasteiger partial charge in [0.15, 0.2) is 0 Å². The van der Waals surface area contributed by atoms with Gasteiger partial charge in [-0.2, -0.15) is 0 Å². The van der Waals surface area contributed by atoms with Gasteiger partial charge in [-0.15, -0.1) is 0 Å². The summed E-state index contributed by atoms with van der Waals surface area (Å²) in [5.74, 6) is -0.996. The third kappa shape index (κ3) is 3.98.